The summed E-state index contributed by atoms with van der Waals surface area (Å²) in [4.78, 5) is 9.36. The predicted molar refractivity (Wildman–Crippen MR) is 216 cm³/mol. The number of pyridine rings is 1. The Morgan fingerprint density at radius 2 is 1.70 bits per heavy atom. The zero-order valence-corrected chi connectivity index (χ0v) is 32.3. The summed E-state index contributed by atoms with van der Waals surface area (Å²) >= 11 is 6.70. The summed E-state index contributed by atoms with van der Waals surface area (Å²) in [7, 11) is -3.36. The van der Waals surface area contributed by atoms with Crippen LogP contribution in [0.5, 0.6) is 0 Å². The second-order valence-electron chi connectivity index (χ2n) is 14.5. The molecule has 2 aliphatic heterocycles. The van der Waals surface area contributed by atoms with Gasteiger partial charge in [0.25, 0.3) is 0 Å². The normalized spacial score (nSPS) is 17.5. The van der Waals surface area contributed by atoms with Crippen molar-refractivity contribution in [3.05, 3.63) is 135 Å². The van der Waals surface area contributed by atoms with Crippen molar-refractivity contribution in [3.8, 4) is 23.1 Å². The fraction of sp³-hybridized carbons (Fsp3) is 0.349. The number of hydrogen-bond donors (Lipinski definition) is 1. The van der Waals surface area contributed by atoms with Crippen molar-refractivity contribution in [2.75, 3.05) is 50.4 Å². The molecule has 278 valence electrons. The van der Waals surface area contributed by atoms with E-state index < -0.39 is 10.0 Å². The highest BCUT2D eigenvalue weighted by Crippen LogP contribution is 2.34. The molecule has 1 aliphatic carbocycles. The number of rotatable bonds is 10. The van der Waals surface area contributed by atoms with Crippen LogP contribution >= 0.6 is 11.6 Å². The average molecular weight is 760 g/mol. The van der Waals surface area contributed by atoms with Crippen molar-refractivity contribution in [1.82, 2.24) is 29.3 Å². The molecule has 1 saturated heterocycles. The lowest BCUT2D eigenvalue weighted by atomic mass is 10.0. The van der Waals surface area contributed by atoms with Crippen LogP contribution < -0.4 is 10.2 Å². The van der Waals surface area contributed by atoms with E-state index in [9.17, 15) is 8.42 Å². The lowest BCUT2D eigenvalue weighted by Gasteiger charge is -2.35. The minimum atomic E-state index is -3.36. The van der Waals surface area contributed by atoms with Crippen molar-refractivity contribution in [2.45, 2.75) is 51.4 Å². The number of anilines is 1. The molecule has 0 bridgehead atoms. The van der Waals surface area contributed by atoms with Gasteiger partial charge in [-0.15, -0.1) is 0 Å². The predicted octanol–water partition coefficient (Wildman–Crippen LogP) is 6.31. The van der Waals surface area contributed by atoms with Crippen molar-refractivity contribution in [2.24, 2.45) is 0 Å². The van der Waals surface area contributed by atoms with E-state index in [0.29, 0.717) is 36.1 Å². The zero-order valence-electron chi connectivity index (χ0n) is 30.7. The molecular formula is C43H46ClN7O2S. The molecule has 4 heterocycles. The first-order valence-electron chi connectivity index (χ1n) is 18.9. The molecule has 1 fully saturated rings. The maximum atomic E-state index is 12.6. The van der Waals surface area contributed by atoms with Gasteiger partial charge in [0.15, 0.2) is 0 Å². The van der Waals surface area contributed by atoms with E-state index in [1.807, 2.05) is 36.5 Å². The molecule has 8 rings (SSSR count). The Balaban J connectivity index is 0.951. The van der Waals surface area contributed by atoms with Crippen LogP contribution in [0.3, 0.4) is 0 Å². The average Bonchev–Trinajstić information content (AvgIpc) is 3.78. The van der Waals surface area contributed by atoms with Crippen molar-refractivity contribution < 1.29 is 8.42 Å². The fourth-order valence-electron chi connectivity index (χ4n) is 7.98. The topological polar surface area (TPSA) is 86.6 Å². The van der Waals surface area contributed by atoms with Gasteiger partial charge in [-0.3, -0.25) is 9.58 Å². The van der Waals surface area contributed by atoms with E-state index in [-0.39, 0.29) is 0 Å². The molecule has 2 aromatic heterocycles. The first-order valence-corrected chi connectivity index (χ1v) is 21.2. The third-order valence-corrected chi connectivity index (χ3v) is 12.6. The second kappa shape index (κ2) is 16.1. The van der Waals surface area contributed by atoms with Gasteiger partial charge in [0.1, 0.15) is 5.82 Å². The summed E-state index contributed by atoms with van der Waals surface area (Å²) in [6.45, 7) is 7.20. The highest BCUT2D eigenvalue weighted by atomic mass is 35.5. The summed E-state index contributed by atoms with van der Waals surface area (Å²) < 4.78 is 28.9. The summed E-state index contributed by atoms with van der Waals surface area (Å²) in [5, 5.41) is 9.43. The molecule has 11 heteroatoms. The Bertz CT molecular complexity index is 2270. The van der Waals surface area contributed by atoms with Crippen molar-refractivity contribution in [1.29, 1.82) is 0 Å². The Morgan fingerprint density at radius 1 is 0.889 bits per heavy atom. The van der Waals surface area contributed by atoms with Gasteiger partial charge >= 0.3 is 0 Å². The third-order valence-electron chi connectivity index (χ3n) is 11.0. The smallest absolute Gasteiger partial charge is 0.211 e. The molecule has 0 spiro atoms. The van der Waals surface area contributed by atoms with Gasteiger partial charge < -0.3 is 10.2 Å². The van der Waals surface area contributed by atoms with E-state index >= 15 is 0 Å². The van der Waals surface area contributed by atoms with Gasteiger partial charge in [0, 0.05) is 106 Å². The Hall–Kier alpha value is -4.50. The van der Waals surface area contributed by atoms with Crippen LogP contribution in [-0.2, 0) is 42.5 Å². The summed E-state index contributed by atoms with van der Waals surface area (Å²) in [5.74, 6) is 7.64. The van der Waals surface area contributed by atoms with E-state index in [2.05, 4.69) is 91.2 Å². The quantitative estimate of drug-likeness (QED) is 0.167. The van der Waals surface area contributed by atoms with Crippen LogP contribution in [0.25, 0.3) is 11.3 Å². The lowest BCUT2D eigenvalue weighted by Crippen LogP contribution is -2.47. The number of halogens is 1. The first-order chi connectivity index (χ1) is 26.3. The first kappa shape index (κ1) is 36.5. The fourth-order valence-corrected chi connectivity index (χ4v) is 8.93. The molecule has 5 aromatic rings. The molecule has 0 amide bonds. The Labute approximate surface area is 324 Å². The second-order valence-corrected chi connectivity index (χ2v) is 16.9. The Kier molecular flexibility index (Phi) is 10.9. The van der Waals surface area contributed by atoms with Gasteiger partial charge in [-0.1, -0.05) is 72.0 Å². The van der Waals surface area contributed by atoms with Crippen molar-refractivity contribution in [3.63, 3.8) is 0 Å². The number of fused-ring (bicyclic) bond motifs is 2. The molecule has 0 radical (unpaired) electrons. The van der Waals surface area contributed by atoms with E-state index in [0.717, 1.165) is 99.0 Å². The number of hydrogen-bond acceptors (Lipinski definition) is 7. The number of piperazine rings is 1. The molecule has 54 heavy (non-hydrogen) atoms. The van der Waals surface area contributed by atoms with Gasteiger partial charge in [-0.2, -0.15) is 9.40 Å². The van der Waals surface area contributed by atoms with E-state index in [4.69, 9.17) is 16.7 Å². The number of nitrogens with zero attached hydrogens (tertiary/aromatic N) is 6. The van der Waals surface area contributed by atoms with Gasteiger partial charge in [0.05, 0.1) is 17.0 Å². The molecule has 1 atom stereocenters. The lowest BCUT2D eigenvalue weighted by molar-refractivity contribution is 0.248. The van der Waals surface area contributed by atoms with Gasteiger partial charge in [-0.25, -0.2) is 13.4 Å². The minimum Gasteiger partial charge on any atom is -0.354 e. The standard InChI is InChI=1S/C43H46ClN7O2S/c1-54(52,53)50-24-20-41-38(31-50)43(47-51(41)23-6-22-48-25-27-49(28-26-48)42-9-4-5-21-45-42)36-16-18-39(44)35(29-36)15-14-32-10-12-33(13-11-32)30-46-40-19-17-34-7-2-3-8-37(34)40/h2-5,7-13,16,18,21,29,40,46H,6,17,19-20,22-28,30-31H2,1H3. The molecule has 1 N–H and O–H groups in total. The van der Waals surface area contributed by atoms with E-state index in [1.165, 1.54) is 22.9 Å². The van der Waals surface area contributed by atoms with Crippen LogP contribution in [0.2, 0.25) is 5.02 Å². The van der Waals surface area contributed by atoms with Crippen LogP contribution in [0, 0.1) is 11.8 Å². The number of sulfonamides is 1. The molecule has 3 aliphatic rings. The van der Waals surface area contributed by atoms with Crippen LogP contribution in [0.1, 0.15) is 58.0 Å². The van der Waals surface area contributed by atoms with Crippen molar-refractivity contribution >= 4 is 27.4 Å². The molecule has 9 nitrogen and oxygen atoms in total. The summed E-state index contributed by atoms with van der Waals surface area (Å²) in [5.41, 5.74) is 9.46. The maximum absolute atomic E-state index is 12.6. The SMILES string of the molecule is CS(=O)(=O)N1CCc2c(c(-c3ccc(Cl)c(C#Cc4ccc(CNC5CCc6ccccc65)cc4)c3)nn2CCCN2CCN(c3ccccn3)CC2)C1. The number of aromatic nitrogens is 3. The molecule has 1 unspecified atom stereocenters. The maximum Gasteiger partial charge on any atom is 0.211 e. The minimum absolute atomic E-state index is 0.303. The summed E-state index contributed by atoms with van der Waals surface area (Å²) in [6, 6.07) is 29.4. The molecular weight excluding hydrogens is 714 g/mol. The van der Waals surface area contributed by atoms with E-state index in [1.54, 1.807) is 4.31 Å². The van der Waals surface area contributed by atoms with Gasteiger partial charge in [0.2, 0.25) is 10.0 Å². The largest absolute Gasteiger partial charge is 0.354 e. The van der Waals surface area contributed by atoms with Gasteiger partial charge in [-0.05, 0) is 72.4 Å². The monoisotopic (exact) mass is 759 g/mol. The number of nitrogens with one attached hydrogen (secondary N) is 1. The van der Waals surface area contributed by atoms with Crippen LogP contribution in [0.15, 0.2) is 91.1 Å². The number of benzene rings is 3. The highest BCUT2D eigenvalue weighted by molar-refractivity contribution is 7.88. The third kappa shape index (κ3) is 8.26. The van der Waals surface area contributed by atoms with Crippen LogP contribution in [0.4, 0.5) is 5.82 Å². The Morgan fingerprint density at radius 3 is 2.50 bits per heavy atom. The van der Waals surface area contributed by atoms with Crippen LogP contribution in [-0.4, -0.2) is 77.9 Å². The zero-order chi connectivity index (χ0) is 37.1. The molecule has 3 aromatic carbocycles. The highest BCUT2D eigenvalue weighted by Gasteiger charge is 2.30. The number of aryl methyl sites for hydroxylation is 2. The molecule has 0 saturated carbocycles. The summed E-state index contributed by atoms with van der Waals surface area (Å²) in [6.07, 6.45) is 6.97.